The molecule has 0 saturated carbocycles. The molecule has 0 aliphatic heterocycles. The lowest BCUT2D eigenvalue weighted by Crippen LogP contribution is -2.39. The van der Waals surface area contributed by atoms with E-state index in [2.05, 4.69) is 11.8 Å². The molecule has 0 aromatic heterocycles. The lowest BCUT2D eigenvalue weighted by molar-refractivity contribution is 0.0909. The Kier molecular flexibility index (Phi) is 5.55. The summed E-state index contributed by atoms with van der Waals surface area (Å²) >= 11 is 0. The number of nitrogens with zero attached hydrogens (tertiary/aromatic N) is 1. The first-order chi connectivity index (χ1) is 8.10. The molecule has 0 amide bonds. The van der Waals surface area contributed by atoms with Crippen molar-refractivity contribution in [2.75, 3.05) is 27.3 Å². The fourth-order valence-corrected chi connectivity index (χ4v) is 1.92. The number of likely N-dealkylation sites (N-methyl/N-ethyl adjacent to an activating group) is 1. The Morgan fingerprint density at radius 3 is 2.71 bits per heavy atom. The van der Waals surface area contributed by atoms with E-state index in [-0.39, 0.29) is 17.9 Å². The second kappa shape index (κ2) is 6.69. The van der Waals surface area contributed by atoms with E-state index in [1.807, 2.05) is 13.1 Å². The van der Waals surface area contributed by atoms with Gasteiger partial charge >= 0.3 is 0 Å². The van der Waals surface area contributed by atoms with E-state index in [0.717, 1.165) is 5.56 Å². The Balaban J connectivity index is 2.83. The van der Waals surface area contributed by atoms with E-state index in [0.29, 0.717) is 13.2 Å². The number of hydrogen-bond acceptors (Lipinski definition) is 3. The van der Waals surface area contributed by atoms with Crippen LogP contribution in [0, 0.1) is 5.82 Å². The van der Waals surface area contributed by atoms with Gasteiger partial charge in [-0.1, -0.05) is 12.1 Å². The number of methoxy groups -OCH3 is 1. The van der Waals surface area contributed by atoms with Crippen molar-refractivity contribution in [2.24, 2.45) is 5.73 Å². The van der Waals surface area contributed by atoms with Gasteiger partial charge in [0, 0.05) is 25.7 Å². The predicted molar refractivity (Wildman–Crippen MR) is 67.3 cm³/mol. The summed E-state index contributed by atoms with van der Waals surface area (Å²) in [5.74, 6) is -0.228. The van der Waals surface area contributed by atoms with Gasteiger partial charge in [0.2, 0.25) is 0 Å². The van der Waals surface area contributed by atoms with E-state index in [4.69, 9.17) is 10.5 Å². The molecule has 1 aromatic carbocycles. The smallest absolute Gasteiger partial charge is 0.123 e. The van der Waals surface area contributed by atoms with Crippen molar-refractivity contribution in [3.8, 4) is 0 Å². The zero-order valence-electron chi connectivity index (χ0n) is 10.7. The van der Waals surface area contributed by atoms with Gasteiger partial charge in [-0.05, 0) is 31.7 Å². The first kappa shape index (κ1) is 14.1. The molecule has 0 aliphatic rings. The van der Waals surface area contributed by atoms with Crippen molar-refractivity contribution >= 4 is 0 Å². The minimum Gasteiger partial charge on any atom is -0.383 e. The Morgan fingerprint density at radius 2 is 2.18 bits per heavy atom. The van der Waals surface area contributed by atoms with Crippen molar-refractivity contribution in [2.45, 2.75) is 19.0 Å². The Bertz CT molecular complexity index is 346. The lowest BCUT2D eigenvalue weighted by atomic mass is 10.0. The van der Waals surface area contributed by atoms with Crippen molar-refractivity contribution in [1.29, 1.82) is 0 Å². The van der Waals surface area contributed by atoms with Gasteiger partial charge in [-0.15, -0.1) is 0 Å². The third-order valence-corrected chi connectivity index (χ3v) is 3.05. The predicted octanol–water partition coefficient (Wildman–Crippen LogP) is 1.79. The molecular formula is C13H21FN2O. The van der Waals surface area contributed by atoms with Crippen molar-refractivity contribution in [3.63, 3.8) is 0 Å². The fraction of sp³-hybridized carbons (Fsp3) is 0.538. The van der Waals surface area contributed by atoms with Crippen LogP contribution in [0.1, 0.15) is 18.5 Å². The van der Waals surface area contributed by atoms with Crippen LogP contribution in [-0.2, 0) is 4.74 Å². The molecule has 0 saturated heterocycles. The van der Waals surface area contributed by atoms with E-state index in [1.165, 1.54) is 12.1 Å². The normalized spacial score (nSPS) is 14.9. The molecule has 0 aliphatic carbocycles. The Labute approximate surface area is 102 Å². The van der Waals surface area contributed by atoms with Crippen LogP contribution in [0.4, 0.5) is 4.39 Å². The fourth-order valence-electron chi connectivity index (χ4n) is 1.92. The molecule has 1 aromatic rings. The van der Waals surface area contributed by atoms with Gasteiger partial charge in [-0.25, -0.2) is 4.39 Å². The summed E-state index contributed by atoms with van der Waals surface area (Å²) in [6, 6.07) is 6.83. The number of rotatable bonds is 6. The minimum atomic E-state index is -0.228. The van der Waals surface area contributed by atoms with E-state index in [9.17, 15) is 4.39 Å². The largest absolute Gasteiger partial charge is 0.383 e. The van der Waals surface area contributed by atoms with Crippen LogP contribution in [0.15, 0.2) is 24.3 Å². The number of nitrogens with two attached hydrogens (primary N) is 1. The molecule has 4 heteroatoms. The maximum atomic E-state index is 13.2. The average Bonchev–Trinajstić information content (AvgIpc) is 2.30. The Hall–Kier alpha value is -0.970. The molecule has 2 N–H and O–H groups in total. The first-order valence-corrected chi connectivity index (χ1v) is 5.76. The monoisotopic (exact) mass is 240 g/mol. The minimum absolute atomic E-state index is 0.0100. The van der Waals surface area contributed by atoms with Gasteiger partial charge in [0.1, 0.15) is 5.82 Å². The highest BCUT2D eigenvalue weighted by Gasteiger charge is 2.20. The van der Waals surface area contributed by atoms with Crippen LogP contribution in [0.3, 0.4) is 0 Å². The maximum absolute atomic E-state index is 13.2. The van der Waals surface area contributed by atoms with Gasteiger partial charge in [0.25, 0.3) is 0 Å². The molecule has 17 heavy (non-hydrogen) atoms. The quantitative estimate of drug-likeness (QED) is 0.824. The van der Waals surface area contributed by atoms with Crippen LogP contribution < -0.4 is 5.73 Å². The van der Waals surface area contributed by atoms with Crippen LogP contribution in [0.25, 0.3) is 0 Å². The highest BCUT2D eigenvalue weighted by molar-refractivity contribution is 5.20. The topological polar surface area (TPSA) is 38.5 Å². The molecular weight excluding hydrogens is 219 g/mol. The maximum Gasteiger partial charge on any atom is 0.123 e. The number of benzene rings is 1. The van der Waals surface area contributed by atoms with Gasteiger partial charge in [-0.2, -0.15) is 0 Å². The lowest BCUT2D eigenvalue weighted by Gasteiger charge is -2.32. The molecule has 3 nitrogen and oxygen atoms in total. The zero-order valence-corrected chi connectivity index (χ0v) is 10.7. The van der Waals surface area contributed by atoms with Crippen LogP contribution >= 0.6 is 0 Å². The molecule has 96 valence electrons. The molecule has 0 fully saturated rings. The highest BCUT2D eigenvalue weighted by atomic mass is 19.1. The van der Waals surface area contributed by atoms with Gasteiger partial charge in [-0.3, -0.25) is 4.90 Å². The molecule has 0 heterocycles. The van der Waals surface area contributed by atoms with E-state index >= 15 is 0 Å². The average molecular weight is 240 g/mol. The van der Waals surface area contributed by atoms with E-state index < -0.39 is 0 Å². The molecule has 0 bridgehead atoms. The summed E-state index contributed by atoms with van der Waals surface area (Å²) in [5.41, 5.74) is 6.69. The molecule has 2 atom stereocenters. The number of halogens is 1. The second-order valence-corrected chi connectivity index (χ2v) is 4.28. The van der Waals surface area contributed by atoms with Crippen molar-refractivity contribution in [1.82, 2.24) is 4.90 Å². The highest BCUT2D eigenvalue weighted by Crippen LogP contribution is 2.21. The standard InChI is InChI=1S/C13H21FN2O/c1-10(9-17-3)16(2)13(8-15)11-5-4-6-12(14)7-11/h4-7,10,13H,8-9,15H2,1-3H3. The van der Waals surface area contributed by atoms with Crippen LogP contribution in [0.5, 0.6) is 0 Å². The third-order valence-electron chi connectivity index (χ3n) is 3.05. The summed E-state index contributed by atoms with van der Waals surface area (Å²) < 4.78 is 18.3. The SMILES string of the molecule is COCC(C)N(C)C(CN)c1cccc(F)c1. The first-order valence-electron chi connectivity index (χ1n) is 5.76. The summed E-state index contributed by atoms with van der Waals surface area (Å²) in [6.07, 6.45) is 0. The number of ether oxygens (including phenoxy) is 1. The molecule has 0 radical (unpaired) electrons. The summed E-state index contributed by atoms with van der Waals surface area (Å²) in [4.78, 5) is 2.11. The molecule has 2 unspecified atom stereocenters. The third kappa shape index (κ3) is 3.77. The molecule has 0 spiro atoms. The van der Waals surface area contributed by atoms with Gasteiger partial charge < -0.3 is 10.5 Å². The van der Waals surface area contributed by atoms with Crippen LogP contribution in [0.2, 0.25) is 0 Å². The number of hydrogen-bond donors (Lipinski definition) is 1. The Morgan fingerprint density at radius 1 is 1.47 bits per heavy atom. The van der Waals surface area contributed by atoms with E-state index in [1.54, 1.807) is 13.2 Å². The molecule has 1 rings (SSSR count). The zero-order chi connectivity index (χ0) is 12.8. The van der Waals surface area contributed by atoms with Crippen LogP contribution in [-0.4, -0.2) is 38.3 Å². The van der Waals surface area contributed by atoms with Gasteiger partial charge in [0.05, 0.1) is 6.61 Å². The van der Waals surface area contributed by atoms with Crippen molar-refractivity contribution < 1.29 is 9.13 Å². The van der Waals surface area contributed by atoms with Gasteiger partial charge in [0.15, 0.2) is 0 Å². The summed E-state index contributed by atoms with van der Waals surface area (Å²) in [7, 11) is 3.65. The summed E-state index contributed by atoms with van der Waals surface area (Å²) in [5, 5.41) is 0. The second-order valence-electron chi connectivity index (χ2n) is 4.28. The van der Waals surface area contributed by atoms with Crippen molar-refractivity contribution in [3.05, 3.63) is 35.6 Å². The summed E-state index contributed by atoms with van der Waals surface area (Å²) in [6.45, 7) is 3.14.